The number of para-hydroxylation sites is 1. The lowest BCUT2D eigenvalue weighted by Gasteiger charge is -2.34. The quantitative estimate of drug-likeness (QED) is 0.485. The van der Waals surface area contributed by atoms with Crippen molar-refractivity contribution in [3.63, 3.8) is 0 Å². The van der Waals surface area contributed by atoms with Crippen molar-refractivity contribution in [1.82, 2.24) is 24.5 Å². The van der Waals surface area contributed by atoms with Gasteiger partial charge in [-0.15, -0.1) is 11.3 Å². The number of fused-ring (bicyclic) bond motifs is 1. The van der Waals surface area contributed by atoms with Gasteiger partial charge in [-0.1, -0.05) is 17.3 Å². The monoisotopic (exact) mass is 435 g/mol. The van der Waals surface area contributed by atoms with Crippen molar-refractivity contribution in [3.8, 4) is 5.82 Å². The zero-order valence-electron chi connectivity index (χ0n) is 18.0. The SMILES string of the molecule is Cc1cc(-n2c(C)cc(C(=O)N3CCN(Cc4nc5ccccc5s4)CC3)c2C)no1. The third-order valence-corrected chi connectivity index (χ3v) is 6.88. The Hall–Kier alpha value is -2.97. The van der Waals surface area contributed by atoms with E-state index in [1.54, 1.807) is 11.3 Å². The minimum atomic E-state index is 0.0826. The van der Waals surface area contributed by atoms with Crippen molar-refractivity contribution < 1.29 is 9.32 Å². The summed E-state index contributed by atoms with van der Waals surface area (Å²) < 4.78 is 8.42. The first-order chi connectivity index (χ1) is 15.0. The van der Waals surface area contributed by atoms with Crippen LogP contribution >= 0.6 is 11.3 Å². The van der Waals surface area contributed by atoms with E-state index in [1.807, 2.05) is 48.4 Å². The number of carbonyl (C=O) groups excluding carboxylic acids is 1. The van der Waals surface area contributed by atoms with Crippen LogP contribution < -0.4 is 0 Å². The van der Waals surface area contributed by atoms with E-state index in [1.165, 1.54) is 4.70 Å². The van der Waals surface area contributed by atoms with Gasteiger partial charge in [0.05, 0.1) is 22.3 Å². The number of piperazine rings is 1. The van der Waals surface area contributed by atoms with E-state index < -0.39 is 0 Å². The van der Waals surface area contributed by atoms with Gasteiger partial charge in [0.25, 0.3) is 5.91 Å². The molecule has 0 spiro atoms. The average molecular weight is 436 g/mol. The number of hydrogen-bond donors (Lipinski definition) is 0. The molecular weight excluding hydrogens is 410 g/mol. The second-order valence-corrected chi connectivity index (χ2v) is 9.17. The Labute approximate surface area is 184 Å². The van der Waals surface area contributed by atoms with Crippen molar-refractivity contribution in [1.29, 1.82) is 0 Å². The van der Waals surface area contributed by atoms with E-state index >= 15 is 0 Å². The van der Waals surface area contributed by atoms with E-state index in [0.29, 0.717) is 5.82 Å². The molecule has 1 aliphatic rings. The van der Waals surface area contributed by atoms with Crippen LogP contribution in [0.1, 0.15) is 32.5 Å². The Morgan fingerprint density at radius 1 is 1.10 bits per heavy atom. The van der Waals surface area contributed by atoms with Crippen LogP contribution in [-0.2, 0) is 6.54 Å². The van der Waals surface area contributed by atoms with Crippen molar-refractivity contribution in [3.05, 3.63) is 64.1 Å². The lowest BCUT2D eigenvalue weighted by atomic mass is 10.2. The van der Waals surface area contributed by atoms with Crippen molar-refractivity contribution in [2.45, 2.75) is 27.3 Å². The lowest BCUT2D eigenvalue weighted by Crippen LogP contribution is -2.48. The molecule has 1 saturated heterocycles. The summed E-state index contributed by atoms with van der Waals surface area (Å²) in [5.41, 5.74) is 3.67. The number of nitrogens with zero attached hydrogens (tertiary/aromatic N) is 5. The second-order valence-electron chi connectivity index (χ2n) is 8.06. The van der Waals surface area contributed by atoms with Gasteiger partial charge in [0.2, 0.25) is 0 Å². The number of thiazole rings is 1. The molecule has 0 bridgehead atoms. The number of carbonyl (C=O) groups is 1. The number of amides is 1. The molecule has 0 saturated carbocycles. The summed E-state index contributed by atoms with van der Waals surface area (Å²) in [6.45, 7) is 9.79. The van der Waals surface area contributed by atoms with Gasteiger partial charge in [0.1, 0.15) is 10.8 Å². The largest absolute Gasteiger partial charge is 0.360 e. The predicted molar refractivity (Wildman–Crippen MR) is 121 cm³/mol. The lowest BCUT2D eigenvalue weighted by molar-refractivity contribution is 0.0628. The molecule has 4 heterocycles. The fourth-order valence-electron chi connectivity index (χ4n) is 4.25. The Kier molecular flexibility index (Phi) is 5.11. The summed E-state index contributed by atoms with van der Waals surface area (Å²) in [5, 5.41) is 5.24. The zero-order valence-corrected chi connectivity index (χ0v) is 18.8. The molecule has 0 N–H and O–H groups in total. The van der Waals surface area contributed by atoms with Crippen LogP contribution in [0.25, 0.3) is 16.0 Å². The maximum atomic E-state index is 13.2. The molecule has 0 unspecified atom stereocenters. The number of hydrogen-bond acceptors (Lipinski definition) is 6. The van der Waals surface area contributed by atoms with Crippen molar-refractivity contribution >= 4 is 27.5 Å². The van der Waals surface area contributed by atoms with Gasteiger partial charge in [-0.25, -0.2) is 4.98 Å². The van der Waals surface area contributed by atoms with Gasteiger partial charge in [0.15, 0.2) is 5.82 Å². The molecule has 0 aliphatic carbocycles. The highest BCUT2D eigenvalue weighted by molar-refractivity contribution is 7.18. The number of aromatic nitrogens is 3. The first-order valence-electron chi connectivity index (χ1n) is 10.5. The molecule has 8 heteroatoms. The van der Waals surface area contributed by atoms with Crippen LogP contribution in [-0.4, -0.2) is 56.6 Å². The summed E-state index contributed by atoms with van der Waals surface area (Å²) in [7, 11) is 0. The fourth-order valence-corrected chi connectivity index (χ4v) is 5.26. The van der Waals surface area contributed by atoms with E-state index in [4.69, 9.17) is 9.51 Å². The Morgan fingerprint density at radius 2 is 1.87 bits per heavy atom. The van der Waals surface area contributed by atoms with E-state index in [2.05, 4.69) is 28.3 Å². The van der Waals surface area contributed by atoms with E-state index in [9.17, 15) is 4.79 Å². The smallest absolute Gasteiger partial charge is 0.255 e. The predicted octanol–water partition coefficient (Wildman–Crippen LogP) is 3.96. The summed E-state index contributed by atoms with van der Waals surface area (Å²) in [6.07, 6.45) is 0. The van der Waals surface area contributed by atoms with Crippen LogP contribution in [0.2, 0.25) is 0 Å². The Morgan fingerprint density at radius 3 is 2.58 bits per heavy atom. The van der Waals surface area contributed by atoms with Crippen LogP contribution in [0.4, 0.5) is 0 Å². The van der Waals surface area contributed by atoms with Crippen LogP contribution in [0.3, 0.4) is 0 Å². The normalized spacial score (nSPS) is 15.1. The topological polar surface area (TPSA) is 67.4 Å². The van der Waals surface area contributed by atoms with Gasteiger partial charge in [-0.3, -0.25) is 14.3 Å². The molecule has 0 radical (unpaired) electrons. The van der Waals surface area contributed by atoms with Gasteiger partial charge in [-0.05, 0) is 39.0 Å². The molecule has 4 aromatic rings. The molecule has 1 fully saturated rings. The highest BCUT2D eigenvalue weighted by Crippen LogP contribution is 2.24. The third-order valence-electron chi connectivity index (χ3n) is 5.86. The third kappa shape index (κ3) is 3.77. The maximum absolute atomic E-state index is 13.2. The molecule has 1 aliphatic heterocycles. The van der Waals surface area contributed by atoms with Crippen molar-refractivity contribution in [2.75, 3.05) is 26.2 Å². The van der Waals surface area contributed by atoms with Gasteiger partial charge in [-0.2, -0.15) is 0 Å². The van der Waals surface area contributed by atoms with Gasteiger partial charge in [0, 0.05) is 43.6 Å². The first-order valence-corrected chi connectivity index (χ1v) is 11.3. The highest BCUT2D eigenvalue weighted by Gasteiger charge is 2.26. The summed E-state index contributed by atoms with van der Waals surface area (Å²) in [5.74, 6) is 1.55. The minimum Gasteiger partial charge on any atom is -0.360 e. The Balaban J connectivity index is 1.26. The molecule has 1 aromatic carbocycles. The molecule has 1 amide bonds. The molecule has 31 heavy (non-hydrogen) atoms. The zero-order chi connectivity index (χ0) is 21.5. The number of benzene rings is 1. The second kappa shape index (κ2) is 7.94. The summed E-state index contributed by atoms with van der Waals surface area (Å²) in [4.78, 5) is 22.3. The number of rotatable bonds is 4. The average Bonchev–Trinajstić information content (AvgIpc) is 3.44. The standard InChI is InChI=1S/C23H25N5O2S/c1-15-12-18(17(3)28(15)21-13-16(2)30-25-21)23(29)27-10-8-26(9-11-27)14-22-24-19-6-4-5-7-20(19)31-22/h4-7,12-13H,8-11,14H2,1-3H3. The molecular formula is C23H25N5O2S. The van der Waals surface area contributed by atoms with Crippen molar-refractivity contribution in [2.24, 2.45) is 0 Å². The molecule has 160 valence electrons. The Bertz CT molecular complexity index is 1210. The molecule has 7 nitrogen and oxygen atoms in total. The maximum Gasteiger partial charge on any atom is 0.255 e. The molecule has 0 atom stereocenters. The minimum absolute atomic E-state index is 0.0826. The summed E-state index contributed by atoms with van der Waals surface area (Å²) in [6, 6.07) is 12.1. The fraction of sp³-hybridized carbons (Fsp3) is 0.348. The van der Waals surface area contributed by atoms with E-state index in [-0.39, 0.29) is 5.91 Å². The van der Waals surface area contributed by atoms with Crippen LogP contribution in [0.5, 0.6) is 0 Å². The highest BCUT2D eigenvalue weighted by atomic mass is 32.1. The first kappa shape index (κ1) is 20.0. The van der Waals surface area contributed by atoms with Crippen LogP contribution in [0, 0.1) is 20.8 Å². The van der Waals surface area contributed by atoms with E-state index in [0.717, 1.165) is 66.0 Å². The van der Waals surface area contributed by atoms with Crippen LogP contribution in [0.15, 0.2) is 40.9 Å². The molecule has 3 aromatic heterocycles. The summed E-state index contributed by atoms with van der Waals surface area (Å²) >= 11 is 1.75. The van der Waals surface area contributed by atoms with Gasteiger partial charge >= 0.3 is 0 Å². The molecule has 5 rings (SSSR count). The van der Waals surface area contributed by atoms with Gasteiger partial charge < -0.3 is 9.42 Å². The number of aryl methyl sites for hydroxylation is 2.